The number of nitrogens with one attached hydrogen (secondary N) is 1. The highest BCUT2D eigenvalue weighted by Crippen LogP contribution is 2.24. The van der Waals surface area contributed by atoms with E-state index in [2.05, 4.69) is 5.32 Å². The summed E-state index contributed by atoms with van der Waals surface area (Å²) < 4.78 is 5.39. The molecule has 1 aromatic carbocycles. The molecule has 0 spiro atoms. The maximum absolute atomic E-state index is 12.4. The summed E-state index contributed by atoms with van der Waals surface area (Å²) in [6.45, 7) is 6.18. The van der Waals surface area contributed by atoms with Crippen LogP contribution < -0.4 is 5.32 Å². The third kappa shape index (κ3) is 3.02. The second-order valence-electron chi connectivity index (χ2n) is 6.05. The lowest BCUT2D eigenvalue weighted by Gasteiger charge is -2.31. The van der Waals surface area contributed by atoms with Crippen molar-refractivity contribution in [2.75, 3.05) is 6.61 Å². The molecule has 20 heavy (non-hydrogen) atoms. The normalized spacial score (nSPS) is 13.4. The molecule has 2 rings (SSSR count). The van der Waals surface area contributed by atoms with Gasteiger partial charge in [-0.15, -0.1) is 0 Å². The zero-order chi connectivity index (χ0) is 14.8. The Labute approximate surface area is 118 Å². The summed E-state index contributed by atoms with van der Waals surface area (Å²) in [5, 5.41) is 12.9. The number of carbonyl (C=O) groups is 1. The number of fused-ring (bicyclic) bond motifs is 1. The molecule has 0 aliphatic rings. The van der Waals surface area contributed by atoms with Gasteiger partial charge in [-0.3, -0.25) is 4.79 Å². The van der Waals surface area contributed by atoms with Crippen molar-refractivity contribution in [3.8, 4) is 0 Å². The van der Waals surface area contributed by atoms with Gasteiger partial charge in [0.2, 0.25) is 0 Å². The number of carbonyl (C=O) groups excluding carboxylic acids is 1. The van der Waals surface area contributed by atoms with Gasteiger partial charge in [0, 0.05) is 18.0 Å². The van der Waals surface area contributed by atoms with Crippen molar-refractivity contribution >= 4 is 16.9 Å². The van der Waals surface area contributed by atoms with E-state index in [1.165, 1.54) is 6.26 Å². The number of para-hydroxylation sites is 1. The number of aliphatic hydroxyl groups excluding tert-OH is 1. The van der Waals surface area contributed by atoms with Gasteiger partial charge in [0.1, 0.15) is 11.8 Å². The van der Waals surface area contributed by atoms with Crippen molar-refractivity contribution < 1.29 is 14.3 Å². The zero-order valence-corrected chi connectivity index (χ0v) is 12.1. The standard InChI is InChI=1S/C16H21NO3/c1-16(2,3)14(8-9-18)17-15(19)12-10-20-13-7-5-4-6-11(12)13/h4-7,10,14,18H,8-9H2,1-3H3,(H,17,19). The second kappa shape index (κ2) is 5.67. The highest BCUT2D eigenvalue weighted by Gasteiger charge is 2.27. The van der Waals surface area contributed by atoms with Crippen LogP contribution in [0.5, 0.6) is 0 Å². The molecular weight excluding hydrogens is 254 g/mol. The van der Waals surface area contributed by atoms with Crippen LogP contribution in [-0.4, -0.2) is 23.7 Å². The van der Waals surface area contributed by atoms with Crippen LogP contribution in [0.25, 0.3) is 11.0 Å². The molecule has 0 bridgehead atoms. The minimum absolute atomic E-state index is 0.0500. The molecule has 0 saturated carbocycles. The molecule has 4 heteroatoms. The molecular formula is C16H21NO3. The number of rotatable bonds is 4. The molecule has 1 atom stereocenters. The topological polar surface area (TPSA) is 62.5 Å². The van der Waals surface area contributed by atoms with Gasteiger partial charge in [-0.25, -0.2) is 0 Å². The molecule has 0 aliphatic carbocycles. The van der Waals surface area contributed by atoms with E-state index in [1.54, 1.807) is 0 Å². The van der Waals surface area contributed by atoms with Gasteiger partial charge in [-0.1, -0.05) is 39.0 Å². The van der Waals surface area contributed by atoms with Crippen molar-refractivity contribution in [1.82, 2.24) is 5.32 Å². The first-order valence-electron chi connectivity index (χ1n) is 6.81. The van der Waals surface area contributed by atoms with Gasteiger partial charge < -0.3 is 14.8 Å². The molecule has 108 valence electrons. The number of amides is 1. The molecule has 1 aromatic heterocycles. The largest absolute Gasteiger partial charge is 0.463 e. The second-order valence-corrected chi connectivity index (χ2v) is 6.05. The van der Waals surface area contributed by atoms with Gasteiger partial charge >= 0.3 is 0 Å². The van der Waals surface area contributed by atoms with Crippen molar-refractivity contribution in [2.45, 2.75) is 33.2 Å². The highest BCUT2D eigenvalue weighted by molar-refractivity contribution is 6.06. The maximum atomic E-state index is 12.4. The van der Waals surface area contributed by atoms with E-state index in [4.69, 9.17) is 9.52 Å². The van der Waals surface area contributed by atoms with E-state index in [0.717, 1.165) is 5.39 Å². The summed E-state index contributed by atoms with van der Waals surface area (Å²) in [6.07, 6.45) is 2.02. The molecule has 1 amide bonds. The number of benzene rings is 1. The summed E-state index contributed by atoms with van der Waals surface area (Å²) >= 11 is 0. The monoisotopic (exact) mass is 275 g/mol. The van der Waals surface area contributed by atoms with E-state index in [-0.39, 0.29) is 24.0 Å². The number of hydrogen-bond acceptors (Lipinski definition) is 3. The zero-order valence-electron chi connectivity index (χ0n) is 12.1. The van der Waals surface area contributed by atoms with Gasteiger partial charge in [-0.2, -0.15) is 0 Å². The Morgan fingerprint density at radius 2 is 2.05 bits per heavy atom. The summed E-state index contributed by atoms with van der Waals surface area (Å²) in [4.78, 5) is 12.4. The fourth-order valence-corrected chi connectivity index (χ4v) is 2.24. The van der Waals surface area contributed by atoms with Crippen LogP contribution >= 0.6 is 0 Å². The number of aliphatic hydroxyl groups is 1. The summed E-state index contributed by atoms with van der Waals surface area (Å²) in [5.74, 6) is -0.164. The Kier molecular flexibility index (Phi) is 4.14. The highest BCUT2D eigenvalue weighted by atomic mass is 16.3. The molecule has 2 aromatic rings. The lowest BCUT2D eigenvalue weighted by molar-refractivity contribution is 0.0886. The minimum Gasteiger partial charge on any atom is -0.463 e. The average molecular weight is 275 g/mol. The molecule has 1 unspecified atom stereocenters. The lowest BCUT2D eigenvalue weighted by atomic mass is 9.84. The van der Waals surface area contributed by atoms with Crippen molar-refractivity contribution in [3.05, 3.63) is 36.1 Å². The van der Waals surface area contributed by atoms with Crippen LogP contribution in [0.1, 0.15) is 37.6 Å². The van der Waals surface area contributed by atoms with Crippen LogP contribution in [-0.2, 0) is 0 Å². The summed E-state index contributed by atoms with van der Waals surface area (Å²) in [7, 11) is 0. The van der Waals surface area contributed by atoms with Crippen LogP contribution in [0, 0.1) is 5.41 Å². The Morgan fingerprint density at radius 1 is 1.35 bits per heavy atom. The number of hydrogen-bond donors (Lipinski definition) is 2. The SMILES string of the molecule is CC(C)(C)C(CCO)NC(=O)c1coc2ccccc12. The Morgan fingerprint density at radius 3 is 2.70 bits per heavy atom. The first-order valence-corrected chi connectivity index (χ1v) is 6.81. The maximum Gasteiger partial charge on any atom is 0.255 e. The first kappa shape index (κ1) is 14.6. The van der Waals surface area contributed by atoms with Gasteiger partial charge in [0.15, 0.2) is 0 Å². The Balaban J connectivity index is 2.23. The van der Waals surface area contributed by atoms with Gasteiger partial charge in [-0.05, 0) is 17.9 Å². The first-order chi connectivity index (χ1) is 9.43. The van der Waals surface area contributed by atoms with Crippen LogP contribution in [0.4, 0.5) is 0 Å². The molecule has 0 saturated heterocycles. The minimum atomic E-state index is -0.164. The summed E-state index contributed by atoms with van der Waals surface area (Å²) in [5.41, 5.74) is 1.12. The fraction of sp³-hybridized carbons (Fsp3) is 0.438. The molecule has 0 radical (unpaired) electrons. The predicted octanol–water partition coefficient (Wildman–Crippen LogP) is 2.96. The Bertz CT molecular complexity index is 595. The van der Waals surface area contributed by atoms with Crippen LogP contribution in [0.2, 0.25) is 0 Å². The molecule has 4 nitrogen and oxygen atoms in total. The van der Waals surface area contributed by atoms with E-state index in [1.807, 2.05) is 45.0 Å². The van der Waals surface area contributed by atoms with Crippen molar-refractivity contribution in [1.29, 1.82) is 0 Å². The Hall–Kier alpha value is -1.81. The molecule has 2 N–H and O–H groups in total. The third-order valence-corrected chi connectivity index (χ3v) is 3.49. The van der Waals surface area contributed by atoms with Gasteiger partial charge in [0.05, 0.1) is 5.56 Å². The quantitative estimate of drug-likeness (QED) is 0.901. The molecule has 1 heterocycles. The fourth-order valence-electron chi connectivity index (χ4n) is 2.24. The van der Waals surface area contributed by atoms with E-state index in [9.17, 15) is 4.79 Å². The third-order valence-electron chi connectivity index (χ3n) is 3.49. The predicted molar refractivity (Wildman–Crippen MR) is 78.6 cm³/mol. The lowest BCUT2D eigenvalue weighted by Crippen LogP contribution is -2.44. The van der Waals surface area contributed by atoms with Crippen molar-refractivity contribution in [3.63, 3.8) is 0 Å². The summed E-state index contributed by atoms with van der Waals surface area (Å²) in [6, 6.07) is 7.36. The average Bonchev–Trinajstić information content (AvgIpc) is 2.81. The van der Waals surface area contributed by atoms with Crippen molar-refractivity contribution in [2.24, 2.45) is 5.41 Å². The smallest absolute Gasteiger partial charge is 0.255 e. The van der Waals surface area contributed by atoms with E-state index >= 15 is 0 Å². The molecule has 0 aliphatic heterocycles. The van der Waals surface area contributed by atoms with Crippen LogP contribution in [0.3, 0.4) is 0 Å². The molecule has 0 fully saturated rings. The van der Waals surface area contributed by atoms with Crippen LogP contribution in [0.15, 0.2) is 34.9 Å². The van der Waals surface area contributed by atoms with Gasteiger partial charge in [0.25, 0.3) is 5.91 Å². The van der Waals surface area contributed by atoms with E-state index < -0.39 is 0 Å². The number of furan rings is 1. The van der Waals surface area contributed by atoms with E-state index in [0.29, 0.717) is 17.6 Å².